The van der Waals surface area contributed by atoms with Gasteiger partial charge in [0.15, 0.2) is 5.82 Å². The summed E-state index contributed by atoms with van der Waals surface area (Å²) in [6.07, 6.45) is 9.43. The van der Waals surface area contributed by atoms with Crippen LogP contribution in [0.25, 0.3) is 17.3 Å². The molecule has 6 nitrogen and oxygen atoms in total. The summed E-state index contributed by atoms with van der Waals surface area (Å²) in [5, 5.41) is 19.1. The number of aromatic hydroxyl groups is 1. The van der Waals surface area contributed by atoms with Gasteiger partial charge in [-0.3, -0.25) is 4.79 Å². The van der Waals surface area contributed by atoms with Gasteiger partial charge in [0.2, 0.25) is 5.91 Å². The van der Waals surface area contributed by atoms with Crippen LogP contribution in [0.4, 0.5) is 5.82 Å². The van der Waals surface area contributed by atoms with Crippen LogP contribution in [0.1, 0.15) is 37.7 Å². The van der Waals surface area contributed by atoms with E-state index >= 15 is 0 Å². The molecule has 148 valence electrons. The lowest BCUT2D eigenvalue weighted by molar-refractivity contribution is -0.123. The number of phenols is 1. The van der Waals surface area contributed by atoms with Gasteiger partial charge in [-0.05, 0) is 48.7 Å². The second-order valence-corrected chi connectivity index (χ2v) is 7.52. The second kappa shape index (κ2) is 8.87. The van der Waals surface area contributed by atoms with Gasteiger partial charge < -0.3 is 14.9 Å². The van der Waals surface area contributed by atoms with Crippen LogP contribution in [0.2, 0.25) is 0 Å². The molecule has 0 radical (unpaired) electrons. The molecule has 1 aliphatic carbocycles. The molecular formula is C22H28N4O2. The average Bonchev–Trinajstić information content (AvgIpc) is 2.72. The smallest absolute Gasteiger partial charge is 0.246 e. The topological polar surface area (TPSA) is 69.6 Å². The van der Waals surface area contributed by atoms with Crippen molar-refractivity contribution in [2.24, 2.45) is 0 Å². The van der Waals surface area contributed by atoms with E-state index in [1.165, 1.54) is 43.1 Å². The zero-order valence-electron chi connectivity index (χ0n) is 16.8. The Kier molecular flexibility index (Phi) is 6.29. The molecule has 1 fully saturated rings. The number of anilines is 1. The minimum atomic E-state index is -0.105. The highest BCUT2D eigenvalue weighted by molar-refractivity contribution is 5.91. The lowest BCUT2D eigenvalue weighted by Crippen LogP contribution is -2.34. The fraction of sp³-hybridized carbons (Fsp3) is 0.409. The van der Waals surface area contributed by atoms with Gasteiger partial charge in [-0.25, -0.2) is 0 Å². The Morgan fingerprint density at radius 2 is 1.82 bits per heavy atom. The molecule has 0 aliphatic heterocycles. The van der Waals surface area contributed by atoms with Gasteiger partial charge in [0.05, 0.1) is 5.69 Å². The molecule has 1 saturated carbocycles. The number of carbonyl (C=O) groups is 1. The summed E-state index contributed by atoms with van der Waals surface area (Å²) in [4.78, 5) is 15.4. The minimum Gasteiger partial charge on any atom is -0.507 e. The molecule has 1 aromatic heterocycles. The summed E-state index contributed by atoms with van der Waals surface area (Å²) in [6, 6.07) is 9.64. The Bertz CT molecular complexity index is 840. The molecule has 1 heterocycles. The molecular weight excluding hydrogens is 352 g/mol. The van der Waals surface area contributed by atoms with Crippen LogP contribution in [0.3, 0.4) is 0 Å². The van der Waals surface area contributed by atoms with Gasteiger partial charge in [0, 0.05) is 38.8 Å². The number of likely N-dealkylation sites (N-methyl/N-ethyl adjacent to an activating group) is 1. The number of hydrogen-bond donors (Lipinski definition) is 1. The number of nitrogens with zero attached hydrogens (tertiary/aromatic N) is 4. The Labute approximate surface area is 166 Å². The Balaban J connectivity index is 1.73. The Hall–Kier alpha value is -2.89. The first-order valence-corrected chi connectivity index (χ1v) is 9.75. The maximum atomic E-state index is 11.6. The predicted molar refractivity (Wildman–Crippen MR) is 112 cm³/mol. The van der Waals surface area contributed by atoms with Gasteiger partial charge in [-0.2, -0.15) is 0 Å². The van der Waals surface area contributed by atoms with Gasteiger partial charge in [-0.15, -0.1) is 10.2 Å². The molecule has 6 heteroatoms. The van der Waals surface area contributed by atoms with Crippen LogP contribution in [-0.4, -0.2) is 53.3 Å². The molecule has 1 aliphatic rings. The van der Waals surface area contributed by atoms with Crippen molar-refractivity contribution < 1.29 is 9.90 Å². The lowest BCUT2D eigenvalue weighted by Gasteiger charge is -2.31. The van der Waals surface area contributed by atoms with E-state index in [-0.39, 0.29) is 11.7 Å². The summed E-state index contributed by atoms with van der Waals surface area (Å²) in [7, 11) is 5.47. The summed E-state index contributed by atoms with van der Waals surface area (Å²) in [5.41, 5.74) is 1.99. The average molecular weight is 380 g/mol. The maximum absolute atomic E-state index is 11.6. The minimum absolute atomic E-state index is 0.105. The van der Waals surface area contributed by atoms with Crippen molar-refractivity contribution in [1.29, 1.82) is 0 Å². The molecule has 1 N–H and O–H groups in total. The van der Waals surface area contributed by atoms with E-state index in [0.717, 1.165) is 11.4 Å². The fourth-order valence-corrected chi connectivity index (χ4v) is 3.50. The monoisotopic (exact) mass is 380 g/mol. The zero-order valence-corrected chi connectivity index (χ0v) is 16.8. The number of rotatable bonds is 5. The van der Waals surface area contributed by atoms with Crippen LogP contribution >= 0.6 is 0 Å². The van der Waals surface area contributed by atoms with Gasteiger partial charge in [0.1, 0.15) is 5.75 Å². The van der Waals surface area contributed by atoms with Crippen LogP contribution in [0.5, 0.6) is 5.75 Å². The molecule has 0 unspecified atom stereocenters. The SMILES string of the molecule is CN(C)C(=O)/C=C/c1ccc(-c2ccc(N(C)C3CCCCC3)nn2)c(O)c1. The van der Waals surface area contributed by atoms with Gasteiger partial charge in [0.25, 0.3) is 0 Å². The van der Waals surface area contributed by atoms with Crippen LogP contribution in [-0.2, 0) is 4.79 Å². The third-order valence-electron chi connectivity index (χ3n) is 5.29. The second-order valence-electron chi connectivity index (χ2n) is 7.52. The summed E-state index contributed by atoms with van der Waals surface area (Å²) in [5.74, 6) is 0.867. The molecule has 3 rings (SSSR count). The van der Waals surface area contributed by atoms with E-state index in [4.69, 9.17) is 0 Å². The van der Waals surface area contributed by atoms with Gasteiger partial charge >= 0.3 is 0 Å². The quantitative estimate of drug-likeness (QED) is 0.801. The number of carbonyl (C=O) groups excluding carboxylic acids is 1. The largest absolute Gasteiger partial charge is 0.507 e. The number of hydrogen-bond acceptors (Lipinski definition) is 5. The summed E-state index contributed by atoms with van der Waals surface area (Å²) in [6.45, 7) is 0. The molecule has 2 aromatic rings. The molecule has 1 aromatic carbocycles. The van der Waals surface area contributed by atoms with E-state index in [0.29, 0.717) is 17.3 Å². The van der Waals surface area contributed by atoms with E-state index < -0.39 is 0 Å². The predicted octanol–water partition coefficient (Wildman–Crippen LogP) is 3.72. The highest BCUT2D eigenvalue weighted by Crippen LogP contribution is 2.30. The van der Waals surface area contributed by atoms with Crippen molar-refractivity contribution in [3.05, 3.63) is 42.0 Å². The molecule has 1 amide bonds. The van der Waals surface area contributed by atoms with Crippen molar-refractivity contribution in [3.63, 3.8) is 0 Å². The number of phenolic OH excluding ortho intramolecular Hbond substituents is 1. The van der Waals surface area contributed by atoms with Gasteiger partial charge in [-0.1, -0.05) is 25.3 Å². The van der Waals surface area contributed by atoms with Crippen molar-refractivity contribution in [2.45, 2.75) is 38.1 Å². The highest BCUT2D eigenvalue weighted by Gasteiger charge is 2.19. The first-order valence-electron chi connectivity index (χ1n) is 9.75. The van der Waals surface area contributed by atoms with Crippen molar-refractivity contribution in [1.82, 2.24) is 15.1 Å². The molecule has 0 spiro atoms. The molecule has 0 bridgehead atoms. The Morgan fingerprint density at radius 3 is 2.43 bits per heavy atom. The van der Waals surface area contributed by atoms with Crippen LogP contribution in [0, 0.1) is 0 Å². The van der Waals surface area contributed by atoms with E-state index in [1.54, 1.807) is 32.3 Å². The first kappa shape index (κ1) is 19.9. The summed E-state index contributed by atoms with van der Waals surface area (Å²) < 4.78 is 0. The molecule has 28 heavy (non-hydrogen) atoms. The van der Waals surface area contributed by atoms with E-state index in [1.807, 2.05) is 18.2 Å². The molecule has 0 atom stereocenters. The maximum Gasteiger partial charge on any atom is 0.246 e. The van der Waals surface area contributed by atoms with Crippen molar-refractivity contribution in [2.75, 3.05) is 26.0 Å². The zero-order chi connectivity index (χ0) is 20.1. The summed E-state index contributed by atoms with van der Waals surface area (Å²) >= 11 is 0. The van der Waals surface area contributed by atoms with E-state index in [2.05, 4.69) is 22.1 Å². The van der Waals surface area contributed by atoms with E-state index in [9.17, 15) is 9.90 Å². The van der Waals surface area contributed by atoms with Crippen LogP contribution < -0.4 is 4.90 Å². The Morgan fingerprint density at radius 1 is 1.07 bits per heavy atom. The highest BCUT2D eigenvalue weighted by atomic mass is 16.3. The molecule has 0 saturated heterocycles. The normalized spacial score (nSPS) is 15.0. The van der Waals surface area contributed by atoms with Crippen molar-refractivity contribution in [3.8, 4) is 17.0 Å². The number of benzene rings is 1. The fourth-order valence-electron chi connectivity index (χ4n) is 3.50. The van der Waals surface area contributed by atoms with Crippen molar-refractivity contribution >= 4 is 17.8 Å². The number of amides is 1. The number of aromatic nitrogens is 2. The lowest BCUT2D eigenvalue weighted by atomic mass is 9.94. The standard InChI is InChI=1S/C22H28N4O2/c1-25(2)22(28)14-10-16-9-11-18(20(27)15-16)19-12-13-21(24-23-19)26(3)17-7-5-4-6-8-17/h9-15,17,27H,4-8H2,1-3H3/b14-10+. The first-order chi connectivity index (χ1) is 13.5. The third-order valence-corrected chi connectivity index (χ3v) is 5.29. The van der Waals surface area contributed by atoms with Crippen LogP contribution in [0.15, 0.2) is 36.4 Å². The third kappa shape index (κ3) is 4.68.